The summed E-state index contributed by atoms with van der Waals surface area (Å²) in [6.45, 7) is 1.72. The fourth-order valence-corrected chi connectivity index (χ4v) is 4.06. The summed E-state index contributed by atoms with van der Waals surface area (Å²) in [7, 11) is 0. The fourth-order valence-electron chi connectivity index (χ4n) is 4.06. The van der Waals surface area contributed by atoms with Crippen LogP contribution in [0.4, 0.5) is 0 Å². The van der Waals surface area contributed by atoms with Crippen LogP contribution in [0.3, 0.4) is 0 Å². The van der Waals surface area contributed by atoms with Crippen LogP contribution in [-0.2, 0) is 14.3 Å². The van der Waals surface area contributed by atoms with Crippen molar-refractivity contribution in [2.45, 2.75) is 44.6 Å². The molecule has 0 aromatic heterocycles. The molecule has 3 aliphatic rings. The Labute approximate surface area is 119 Å². The highest BCUT2D eigenvalue weighted by Crippen LogP contribution is 2.58. The zero-order valence-electron chi connectivity index (χ0n) is 11.8. The van der Waals surface area contributed by atoms with Crippen molar-refractivity contribution in [2.24, 2.45) is 17.8 Å². The van der Waals surface area contributed by atoms with E-state index in [1.165, 1.54) is 19.3 Å². The smallest absolute Gasteiger partial charge is 0.305 e. The highest BCUT2D eigenvalue weighted by molar-refractivity contribution is 5.83. The highest BCUT2D eigenvalue weighted by Gasteiger charge is 2.57. The monoisotopic (exact) mass is 281 g/mol. The van der Waals surface area contributed by atoms with Crippen molar-refractivity contribution >= 4 is 11.9 Å². The van der Waals surface area contributed by atoms with Gasteiger partial charge in [-0.05, 0) is 37.5 Å². The standard InChI is InChI=1S/C15H23NO4/c17-13(18)4-7-16(10-5-8-20-9-6-10)15(19)14-11-2-1-3-12(11)14/h10-12,14H,1-9H2,(H,17,18)/t11-,12-/m0/s1. The number of carboxylic acid groups (broad SMARTS) is 1. The van der Waals surface area contributed by atoms with Gasteiger partial charge in [-0.25, -0.2) is 0 Å². The van der Waals surface area contributed by atoms with Crippen LogP contribution in [0, 0.1) is 17.8 Å². The number of carboxylic acids is 1. The lowest BCUT2D eigenvalue weighted by atomic mass is 10.0. The van der Waals surface area contributed by atoms with Crippen LogP contribution in [0.15, 0.2) is 0 Å². The normalized spacial score (nSPS) is 32.7. The molecule has 1 amide bonds. The number of carbonyl (C=O) groups is 2. The molecule has 1 aliphatic heterocycles. The average Bonchev–Trinajstić information content (AvgIpc) is 2.92. The first-order chi connectivity index (χ1) is 9.68. The van der Waals surface area contributed by atoms with E-state index in [0.29, 0.717) is 31.6 Å². The van der Waals surface area contributed by atoms with E-state index in [1.807, 2.05) is 4.90 Å². The van der Waals surface area contributed by atoms with Gasteiger partial charge in [0.15, 0.2) is 0 Å². The molecule has 5 nitrogen and oxygen atoms in total. The van der Waals surface area contributed by atoms with E-state index in [0.717, 1.165) is 12.8 Å². The van der Waals surface area contributed by atoms with Crippen molar-refractivity contribution in [3.05, 3.63) is 0 Å². The number of nitrogens with zero attached hydrogens (tertiary/aromatic N) is 1. The molecule has 2 aliphatic carbocycles. The van der Waals surface area contributed by atoms with Gasteiger partial charge in [0.25, 0.3) is 0 Å². The number of rotatable bonds is 5. The van der Waals surface area contributed by atoms with Crippen LogP contribution in [0.5, 0.6) is 0 Å². The average molecular weight is 281 g/mol. The van der Waals surface area contributed by atoms with Gasteiger partial charge >= 0.3 is 5.97 Å². The van der Waals surface area contributed by atoms with E-state index < -0.39 is 5.97 Å². The summed E-state index contributed by atoms with van der Waals surface area (Å²) in [6, 6.07) is 0.178. The Morgan fingerprint density at radius 2 is 1.75 bits per heavy atom. The third-order valence-corrected chi connectivity index (χ3v) is 5.17. The zero-order chi connectivity index (χ0) is 14.1. The molecule has 3 rings (SSSR count). The minimum absolute atomic E-state index is 0.0468. The minimum Gasteiger partial charge on any atom is -0.481 e. The summed E-state index contributed by atoms with van der Waals surface area (Å²) >= 11 is 0. The summed E-state index contributed by atoms with van der Waals surface area (Å²) in [5.41, 5.74) is 0. The molecule has 1 saturated heterocycles. The van der Waals surface area contributed by atoms with Crippen molar-refractivity contribution in [1.82, 2.24) is 4.90 Å². The lowest BCUT2D eigenvalue weighted by Gasteiger charge is -2.34. The maximum absolute atomic E-state index is 12.7. The number of hydrogen-bond donors (Lipinski definition) is 1. The molecule has 20 heavy (non-hydrogen) atoms. The molecule has 3 fully saturated rings. The molecule has 0 spiro atoms. The lowest BCUT2D eigenvalue weighted by Crippen LogP contribution is -2.45. The number of carbonyl (C=O) groups excluding carboxylic acids is 1. The first-order valence-corrected chi connectivity index (χ1v) is 7.78. The number of aliphatic carboxylic acids is 1. The van der Waals surface area contributed by atoms with E-state index >= 15 is 0 Å². The second-order valence-corrected chi connectivity index (χ2v) is 6.30. The molecule has 2 atom stereocenters. The molecule has 1 N–H and O–H groups in total. The van der Waals surface area contributed by atoms with Crippen molar-refractivity contribution in [3.8, 4) is 0 Å². The maximum Gasteiger partial charge on any atom is 0.305 e. The van der Waals surface area contributed by atoms with Crippen molar-refractivity contribution in [1.29, 1.82) is 0 Å². The lowest BCUT2D eigenvalue weighted by molar-refractivity contribution is -0.141. The van der Waals surface area contributed by atoms with Crippen LogP contribution in [0.2, 0.25) is 0 Å². The summed E-state index contributed by atoms with van der Waals surface area (Å²) in [4.78, 5) is 25.4. The third kappa shape index (κ3) is 2.68. The second-order valence-electron chi connectivity index (χ2n) is 6.30. The predicted octanol–water partition coefficient (Wildman–Crippen LogP) is 1.51. The maximum atomic E-state index is 12.7. The number of hydrogen-bond acceptors (Lipinski definition) is 3. The summed E-state index contributed by atoms with van der Waals surface area (Å²) in [5.74, 6) is 0.767. The number of ether oxygens (including phenoxy) is 1. The molecular formula is C15H23NO4. The zero-order valence-corrected chi connectivity index (χ0v) is 11.8. The van der Waals surface area contributed by atoms with Crippen LogP contribution in [-0.4, -0.2) is 47.7 Å². The molecular weight excluding hydrogens is 258 g/mol. The Kier molecular flexibility index (Phi) is 3.96. The molecule has 0 aromatic carbocycles. The molecule has 1 heterocycles. The van der Waals surface area contributed by atoms with E-state index in [2.05, 4.69) is 0 Å². The summed E-state index contributed by atoms with van der Waals surface area (Å²) < 4.78 is 5.35. The van der Waals surface area contributed by atoms with Crippen molar-refractivity contribution in [3.63, 3.8) is 0 Å². The fraction of sp³-hybridized carbons (Fsp3) is 0.867. The molecule has 0 unspecified atom stereocenters. The molecule has 5 heteroatoms. The van der Waals surface area contributed by atoms with Gasteiger partial charge < -0.3 is 14.7 Å². The topological polar surface area (TPSA) is 66.8 Å². The van der Waals surface area contributed by atoms with E-state index in [4.69, 9.17) is 9.84 Å². The first-order valence-electron chi connectivity index (χ1n) is 7.78. The molecule has 112 valence electrons. The molecule has 0 aromatic rings. The van der Waals surface area contributed by atoms with Crippen molar-refractivity contribution in [2.75, 3.05) is 19.8 Å². The Hall–Kier alpha value is -1.10. The predicted molar refractivity (Wildman–Crippen MR) is 72.1 cm³/mol. The number of fused-ring (bicyclic) bond motifs is 1. The van der Waals surface area contributed by atoms with Crippen molar-refractivity contribution < 1.29 is 19.4 Å². The van der Waals surface area contributed by atoms with Crippen LogP contribution < -0.4 is 0 Å². The van der Waals surface area contributed by atoms with Gasteiger partial charge in [0, 0.05) is 31.7 Å². The highest BCUT2D eigenvalue weighted by atomic mass is 16.5. The molecule has 0 bridgehead atoms. The van der Waals surface area contributed by atoms with E-state index in [-0.39, 0.29) is 24.3 Å². The van der Waals surface area contributed by atoms with E-state index in [1.54, 1.807) is 0 Å². The molecule has 2 saturated carbocycles. The number of amides is 1. The van der Waals surface area contributed by atoms with Gasteiger partial charge in [0.1, 0.15) is 0 Å². The van der Waals surface area contributed by atoms with Crippen LogP contribution >= 0.6 is 0 Å². The Morgan fingerprint density at radius 1 is 1.10 bits per heavy atom. The van der Waals surface area contributed by atoms with E-state index in [9.17, 15) is 9.59 Å². The molecule has 0 radical (unpaired) electrons. The van der Waals surface area contributed by atoms with Gasteiger partial charge in [0.2, 0.25) is 5.91 Å². The largest absolute Gasteiger partial charge is 0.481 e. The van der Waals surface area contributed by atoms with Gasteiger partial charge in [0.05, 0.1) is 6.42 Å². The van der Waals surface area contributed by atoms with Gasteiger partial charge in [-0.15, -0.1) is 0 Å². The van der Waals surface area contributed by atoms with Gasteiger partial charge in [-0.1, -0.05) is 6.42 Å². The van der Waals surface area contributed by atoms with Gasteiger partial charge in [-0.2, -0.15) is 0 Å². The first kappa shape index (κ1) is 13.9. The Bertz CT molecular complexity index is 381. The SMILES string of the molecule is O=C(O)CCN(C(=O)C1[C@H]2CCC[C@H]12)C1CCOCC1. The second kappa shape index (κ2) is 5.72. The van der Waals surface area contributed by atoms with Crippen LogP contribution in [0.1, 0.15) is 38.5 Å². The Morgan fingerprint density at radius 3 is 2.35 bits per heavy atom. The Balaban J connectivity index is 1.64. The summed E-state index contributed by atoms with van der Waals surface area (Å²) in [5, 5.41) is 8.90. The van der Waals surface area contributed by atoms with Crippen LogP contribution in [0.25, 0.3) is 0 Å². The summed E-state index contributed by atoms with van der Waals surface area (Å²) in [6.07, 6.45) is 5.35. The quantitative estimate of drug-likeness (QED) is 0.829. The van der Waals surface area contributed by atoms with Gasteiger partial charge in [-0.3, -0.25) is 9.59 Å². The third-order valence-electron chi connectivity index (χ3n) is 5.17. The minimum atomic E-state index is -0.828.